The second kappa shape index (κ2) is 4.99. The lowest BCUT2D eigenvalue weighted by molar-refractivity contribution is 0.132. The summed E-state index contributed by atoms with van der Waals surface area (Å²) in [7, 11) is -1.56. The van der Waals surface area contributed by atoms with Crippen molar-refractivity contribution < 1.29 is 9.53 Å². The molecule has 0 aromatic carbocycles. The van der Waals surface area contributed by atoms with Crippen LogP contribution in [0.2, 0.25) is 19.6 Å². The Labute approximate surface area is 93.8 Å². The molecule has 2 nitrogen and oxygen atoms in total. The van der Waals surface area contributed by atoms with Crippen molar-refractivity contribution in [2.75, 3.05) is 0 Å². The largest absolute Gasteiger partial charge is 0.547 e. The minimum absolute atomic E-state index is 0.128. The molecule has 0 saturated carbocycles. The molecule has 2 atom stereocenters. The van der Waals surface area contributed by atoms with Gasteiger partial charge >= 0.3 is 0 Å². The molecule has 1 N–H and O–H groups in total. The second-order valence-corrected chi connectivity index (χ2v) is 9.51. The maximum Gasteiger partial charge on any atom is 0.241 e. The number of rotatable bonds is 4. The number of hydrogen-bond donors (Lipinski definition) is 1. The Kier molecular flexibility index (Phi) is 4.17. The van der Waals surface area contributed by atoms with E-state index in [0.717, 1.165) is 25.0 Å². The first-order chi connectivity index (χ1) is 6.94. The number of aliphatic hydroxyl groups is 1. The van der Waals surface area contributed by atoms with E-state index in [9.17, 15) is 5.11 Å². The molecule has 0 unspecified atom stereocenters. The van der Waals surface area contributed by atoms with Crippen LogP contribution in [0.15, 0.2) is 24.5 Å². The maximum atomic E-state index is 9.83. The van der Waals surface area contributed by atoms with Crippen LogP contribution < -0.4 is 0 Å². The molecule has 0 heterocycles. The molecule has 1 aliphatic rings. The zero-order valence-corrected chi connectivity index (χ0v) is 11.0. The Balaban J connectivity index is 2.74. The van der Waals surface area contributed by atoms with E-state index in [4.69, 9.17) is 4.43 Å². The summed E-state index contributed by atoms with van der Waals surface area (Å²) in [4.78, 5) is 0. The fraction of sp³-hybridized carbons (Fsp3) is 0.667. The summed E-state index contributed by atoms with van der Waals surface area (Å²) in [6.45, 7) is 10.1. The molecule has 1 rings (SSSR count). The summed E-state index contributed by atoms with van der Waals surface area (Å²) in [6.07, 6.45) is 6.49. The fourth-order valence-corrected chi connectivity index (χ4v) is 2.79. The molecule has 0 bridgehead atoms. The third-order valence-electron chi connectivity index (χ3n) is 2.51. The third kappa shape index (κ3) is 3.84. The molecule has 0 amide bonds. The van der Waals surface area contributed by atoms with Gasteiger partial charge in [-0.05, 0) is 45.0 Å². The Bertz CT molecular complexity index is 253. The van der Waals surface area contributed by atoms with Gasteiger partial charge in [-0.2, -0.15) is 0 Å². The molecule has 0 saturated heterocycles. The van der Waals surface area contributed by atoms with Crippen molar-refractivity contribution in [3.63, 3.8) is 0 Å². The SMILES string of the molecule is C=C[C@@H](O)[C@H]1CCCC=C1O[Si](C)(C)C. The van der Waals surface area contributed by atoms with Gasteiger partial charge in [0.2, 0.25) is 8.32 Å². The number of allylic oxidation sites excluding steroid dienone is 1. The Morgan fingerprint density at radius 1 is 1.60 bits per heavy atom. The average molecular weight is 226 g/mol. The smallest absolute Gasteiger partial charge is 0.241 e. The van der Waals surface area contributed by atoms with E-state index in [1.54, 1.807) is 6.08 Å². The zero-order chi connectivity index (χ0) is 11.5. The van der Waals surface area contributed by atoms with E-state index < -0.39 is 14.4 Å². The first-order valence-corrected chi connectivity index (χ1v) is 9.04. The van der Waals surface area contributed by atoms with Gasteiger partial charge < -0.3 is 9.53 Å². The quantitative estimate of drug-likeness (QED) is 0.589. The highest BCUT2D eigenvalue weighted by Crippen LogP contribution is 2.31. The predicted molar refractivity (Wildman–Crippen MR) is 66.1 cm³/mol. The average Bonchev–Trinajstić information content (AvgIpc) is 2.15. The molecule has 1 aliphatic carbocycles. The highest BCUT2D eigenvalue weighted by Gasteiger charge is 2.28. The predicted octanol–water partition coefficient (Wildman–Crippen LogP) is 3.07. The molecule has 0 aromatic rings. The summed E-state index contributed by atoms with van der Waals surface area (Å²) in [5, 5.41) is 9.83. The molecular formula is C12H22O2Si. The van der Waals surface area contributed by atoms with Gasteiger partial charge in [0.15, 0.2) is 0 Å². The highest BCUT2D eigenvalue weighted by atomic mass is 28.4. The molecular weight excluding hydrogens is 204 g/mol. The number of hydrogen-bond acceptors (Lipinski definition) is 2. The second-order valence-electron chi connectivity index (χ2n) is 5.08. The monoisotopic (exact) mass is 226 g/mol. The van der Waals surface area contributed by atoms with E-state index in [1.807, 2.05) is 0 Å². The zero-order valence-electron chi connectivity index (χ0n) is 9.99. The van der Waals surface area contributed by atoms with E-state index in [0.29, 0.717) is 0 Å². The van der Waals surface area contributed by atoms with Crippen molar-refractivity contribution in [2.24, 2.45) is 5.92 Å². The van der Waals surface area contributed by atoms with Crippen molar-refractivity contribution in [1.29, 1.82) is 0 Å². The van der Waals surface area contributed by atoms with Crippen LogP contribution in [0.4, 0.5) is 0 Å². The van der Waals surface area contributed by atoms with Crippen LogP contribution >= 0.6 is 0 Å². The lowest BCUT2D eigenvalue weighted by Crippen LogP contribution is -2.31. The van der Waals surface area contributed by atoms with Crippen molar-refractivity contribution >= 4 is 8.32 Å². The molecule has 0 spiro atoms. The first-order valence-electron chi connectivity index (χ1n) is 5.64. The van der Waals surface area contributed by atoms with E-state index in [2.05, 4.69) is 32.3 Å². The maximum absolute atomic E-state index is 9.83. The van der Waals surface area contributed by atoms with Gasteiger partial charge in [0.25, 0.3) is 0 Å². The van der Waals surface area contributed by atoms with Gasteiger partial charge in [-0.15, -0.1) is 6.58 Å². The summed E-state index contributed by atoms with van der Waals surface area (Å²) in [5.41, 5.74) is 0. The van der Waals surface area contributed by atoms with Gasteiger partial charge in [0.1, 0.15) is 0 Å². The summed E-state index contributed by atoms with van der Waals surface area (Å²) in [6, 6.07) is 0. The third-order valence-corrected chi connectivity index (χ3v) is 3.36. The Morgan fingerprint density at radius 2 is 2.27 bits per heavy atom. The summed E-state index contributed by atoms with van der Waals surface area (Å²) >= 11 is 0. The van der Waals surface area contributed by atoms with Gasteiger partial charge in [0.05, 0.1) is 11.9 Å². The van der Waals surface area contributed by atoms with Crippen LogP contribution in [0.3, 0.4) is 0 Å². The Morgan fingerprint density at radius 3 is 2.80 bits per heavy atom. The van der Waals surface area contributed by atoms with Crippen molar-refractivity contribution in [3.8, 4) is 0 Å². The van der Waals surface area contributed by atoms with Crippen LogP contribution in [0.5, 0.6) is 0 Å². The topological polar surface area (TPSA) is 29.5 Å². The lowest BCUT2D eigenvalue weighted by Gasteiger charge is -2.32. The van der Waals surface area contributed by atoms with Crippen LogP contribution in [-0.2, 0) is 4.43 Å². The van der Waals surface area contributed by atoms with E-state index >= 15 is 0 Å². The van der Waals surface area contributed by atoms with E-state index in [1.165, 1.54) is 0 Å². The van der Waals surface area contributed by atoms with Gasteiger partial charge in [-0.1, -0.05) is 6.08 Å². The van der Waals surface area contributed by atoms with Crippen molar-refractivity contribution in [3.05, 3.63) is 24.5 Å². The van der Waals surface area contributed by atoms with E-state index in [-0.39, 0.29) is 5.92 Å². The summed E-state index contributed by atoms with van der Waals surface area (Å²) in [5.74, 6) is 1.12. The highest BCUT2D eigenvalue weighted by molar-refractivity contribution is 6.70. The number of aliphatic hydroxyl groups excluding tert-OH is 1. The molecule has 0 aliphatic heterocycles. The van der Waals surface area contributed by atoms with Crippen LogP contribution in [-0.4, -0.2) is 19.5 Å². The molecule has 3 heteroatoms. The summed E-state index contributed by atoms with van der Waals surface area (Å²) < 4.78 is 6.01. The molecule has 15 heavy (non-hydrogen) atoms. The molecule has 0 radical (unpaired) electrons. The van der Waals surface area contributed by atoms with Gasteiger partial charge in [-0.3, -0.25) is 0 Å². The molecule has 86 valence electrons. The van der Waals surface area contributed by atoms with Gasteiger partial charge in [-0.25, -0.2) is 0 Å². The Hall–Kier alpha value is -0.543. The van der Waals surface area contributed by atoms with Crippen molar-refractivity contribution in [2.45, 2.75) is 45.0 Å². The van der Waals surface area contributed by atoms with Crippen molar-refractivity contribution in [1.82, 2.24) is 0 Å². The lowest BCUT2D eigenvalue weighted by atomic mass is 9.89. The van der Waals surface area contributed by atoms with Crippen LogP contribution in [0.1, 0.15) is 19.3 Å². The van der Waals surface area contributed by atoms with Gasteiger partial charge in [0, 0.05) is 5.92 Å². The standard InChI is InChI=1S/C12H22O2Si/c1-5-11(13)10-8-6-7-9-12(10)14-15(2,3)4/h5,9-11,13H,1,6-8H2,2-4H3/t10-,11-/m1/s1. The minimum Gasteiger partial charge on any atom is -0.547 e. The van der Waals surface area contributed by atoms with Crippen LogP contribution in [0, 0.1) is 5.92 Å². The molecule has 0 aromatic heterocycles. The first kappa shape index (κ1) is 12.5. The van der Waals surface area contributed by atoms with Crippen LogP contribution in [0.25, 0.3) is 0 Å². The minimum atomic E-state index is -1.56. The normalized spacial score (nSPS) is 24.3. The molecule has 0 fully saturated rings. The fourth-order valence-electron chi connectivity index (χ4n) is 1.85.